The van der Waals surface area contributed by atoms with E-state index in [-0.39, 0.29) is 42.9 Å². The summed E-state index contributed by atoms with van der Waals surface area (Å²) in [6, 6.07) is 17.7. The highest BCUT2D eigenvalue weighted by molar-refractivity contribution is 7.89. The summed E-state index contributed by atoms with van der Waals surface area (Å²) < 4.78 is 27.8. The summed E-state index contributed by atoms with van der Waals surface area (Å²) in [5.41, 5.74) is 0.984. The van der Waals surface area contributed by atoms with Gasteiger partial charge < -0.3 is 9.80 Å². The van der Waals surface area contributed by atoms with Crippen molar-refractivity contribution in [2.24, 2.45) is 0 Å². The van der Waals surface area contributed by atoms with Crippen molar-refractivity contribution in [1.82, 2.24) is 9.21 Å². The molecule has 3 aromatic rings. The van der Waals surface area contributed by atoms with E-state index in [1.807, 2.05) is 30.3 Å². The number of hydrogen-bond acceptors (Lipinski definition) is 4. The van der Waals surface area contributed by atoms with E-state index in [1.165, 1.54) is 4.31 Å². The van der Waals surface area contributed by atoms with Crippen LogP contribution in [0.1, 0.15) is 23.2 Å². The summed E-state index contributed by atoms with van der Waals surface area (Å²) in [5, 5.41) is 2.28. The van der Waals surface area contributed by atoms with E-state index in [4.69, 9.17) is 11.6 Å². The van der Waals surface area contributed by atoms with Gasteiger partial charge in [-0.25, -0.2) is 8.42 Å². The molecule has 2 aliphatic heterocycles. The topological polar surface area (TPSA) is 78.0 Å². The fraction of sp³-hybridized carbons (Fsp3) is 0.280. The molecule has 0 atom stereocenters. The monoisotopic (exact) mass is 497 g/mol. The first-order valence-corrected chi connectivity index (χ1v) is 13.0. The third kappa shape index (κ3) is 4.17. The van der Waals surface area contributed by atoms with E-state index in [1.54, 1.807) is 40.1 Å². The number of rotatable bonds is 4. The van der Waals surface area contributed by atoms with Crippen LogP contribution in [0.15, 0.2) is 65.6 Å². The Morgan fingerprint density at radius 2 is 1.59 bits per heavy atom. The van der Waals surface area contributed by atoms with Crippen molar-refractivity contribution >= 4 is 49.9 Å². The minimum absolute atomic E-state index is 0.000916. The molecule has 0 saturated carbocycles. The second-order valence-corrected chi connectivity index (χ2v) is 10.9. The first-order valence-electron chi connectivity index (χ1n) is 11.2. The summed E-state index contributed by atoms with van der Waals surface area (Å²) in [7, 11) is -3.66. The number of halogens is 1. The third-order valence-electron chi connectivity index (χ3n) is 6.44. The van der Waals surface area contributed by atoms with Crippen LogP contribution < -0.4 is 4.90 Å². The van der Waals surface area contributed by atoms with Gasteiger partial charge in [0, 0.05) is 44.7 Å². The lowest BCUT2D eigenvalue weighted by molar-refractivity contribution is -0.117. The van der Waals surface area contributed by atoms with E-state index in [0.29, 0.717) is 29.2 Å². The summed E-state index contributed by atoms with van der Waals surface area (Å²) in [6.07, 6.45) is 1.24. The molecule has 0 bridgehead atoms. The number of carbonyl (C=O) groups excluding carboxylic acids is 2. The lowest BCUT2D eigenvalue weighted by Gasteiger charge is -2.34. The van der Waals surface area contributed by atoms with Crippen LogP contribution in [0.3, 0.4) is 0 Å². The van der Waals surface area contributed by atoms with Crippen LogP contribution in [0.2, 0.25) is 5.02 Å². The zero-order chi connectivity index (χ0) is 23.9. The maximum atomic E-state index is 13.2. The molecule has 7 nitrogen and oxygen atoms in total. The lowest BCUT2D eigenvalue weighted by Crippen LogP contribution is -2.50. The highest BCUT2D eigenvalue weighted by Gasteiger charge is 2.31. The molecule has 34 heavy (non-hydrogen) atoms. The normalized spacial score (nSPS) is 17.5. The van der Waals surface area contributed by atoms with Crippen LogP contribution in [0.5, 0.6) is 0 Å². The Hall–Kier alpha value is -2.94. The summed E-state index contributed by atoms with van der Waals surface area (Å²) >= 11 is 6.30. The van der Waals surface area contributed by atoms with Crippen LogP contribution in [0.4, 0.5) is 5.69 Å². The molecule has 0 aromatic heterocycles. The predicted octanol–water partition coefficient (Wildman–Crippen LogP) is 3.77. The Balaban J connectivity index is 1.30. The highest BCUT2D eigenvalue weighted by Crippen LogP contribution is 2.31. The molecule has 2 fully saturated rings. The molecule has 2 aliphatic rings. The van der Waals surface area contributed by atoms with E-state index in [9.17, 15) is 18.0 Å². The number of sulfonamides is 1. The fourth-order valence-corrected chi connectivity index (χ4v) is 6.22. The Labute approximate surface area is 203 Å². The van der Waals surface area contributed by atoms with Gasteiger partial charge in [-0.3, -0.25) is 9.59 Å². The molecular weight excluding hydrogens is 474 g/mol. The number of piperazine rings is 1. The van der Waals surface area contributed by atoms with E-state index in [0.717, 1.165) is 17.2 Å². The van der Waals surface area contributed by atoms with Gasteiger partial charge in [0.1, 0.15) is 0 Å². The SMILES string of the molecule is O=C(c1ccc(Cl)c(N2CCCC2=O)c1)N1CCN(S(=O)(=O)c2ccc3ccccc3c2)CC1. The third-order valence-corrected chi connectivity index (χ3v) is 8.66. The maximum Gasteiger partial charge on any atom is 0.254 e. The Bertz CT molecular complexity index is 1380. The van der Waals surface area contributed by atoms with Gasteiger partial charge in [0.25, 0.3) is 5.91 Å². The van der Waals surface area contributed by atoms with Gasteiger partial charge in [-0.15, -0.1) is 0 Å². The predicted molar refractivity (Wildman–Crippen MR) is 132 cm³/mol. The molecule has 2 heterocycles. The lowest BCUT2D eigenvalue weighted by atomic mass is 10.1. The number of carbonyl (C=O) groups is 2. The second-order valence-electron chi connectivity index (χ2n) is 8.52. The Morgan fingerprint density at radius 3 is 2.29 bits per heavy atom. The minimum Gasteiger partial charge on any atom is -0.336 e. The zero-order valence-corrected chi connectivity index (χ0v) is 20.1. The molecule has 0 radical (unpaired) electrons. The van der Waals surface area contributed by atoms with E-state index < -0.39 is 10.0 Å². The second kappa shape index (κ2) is 9.02. The van der Waals surface area contributed by atoms with Gasteiger partial charge in [0.15, 0.2) is 0 Å². The van der Waals surface area contributed by atoms with Crippen molar-refractivity contribution in [2.45, 2.75) is 17.7 Å². The molecule has 0 unspecified atom stereocenters. The van der Waals surface area contributed by atoms with Gasteiger partial charge in [-0.2, -0.15) is 4.31 Å². The first-order chi connectivity index (χ1) is 16.3. The van der Waals surface area contributed by atoms with Crippen LogP contribution in [0.25, 0.3) is 10.8 Å². The van der Waals surface area contributed by atoms with Crippen LogP contribution in [-0.4, -0.2) is 62.2 Å². The smallest absolute Gasteiger partial charge is 0.254 e. The van der Waals surface area contributed by atoms with Crippen molar-refractivity contribution < 1.29 is 18.0 Å². The average Bonchev–Trinajstić information content (AvgIpc) is 3.29. The number of anilines is 1. The van der Waals surface area contributed by atoms with Gasteiger partial charge in [-0.1, -0.05) is 41.9 Å². The average molecular weight is 498 g/mol. The maximum absolute atomic E-state index is 13.2. The largest absolute Gasteiger partial charge is 0.336 e. The Morgan fingerprint density at radius 1 is 0.853 bits per heavy atom. The molecule has 176 valence electrons. The first kappa shape index (κ1) is 22.8. The number of nitrogens with zero attached hydrogens (tertiary/aromatic N) is 3. The number of hydrogen-bond donors (Lipinski definition) is 0. The van der Waals surface area contributed by atoms with Crippen molar-refractivity contribution in [3.8, 4) is 0 Å². The number of amides is 2. The number of benzene rings is 3. The number of fused-ring (bicyclic) bond motifs is 1. The molecule has 9 heteroatoms. The summed E-state index contributed by atoms with van der Waals surface area (Å²) in [5.74, 6) is -0.202. The van der Waals surface area contributed by atoms with Crippen molar-refractivity contribution in [2.75, 3.05) is 37.6 Å². The van der Waals surface area contributed by atoms with Crippen LogP contribution >= 0.6 is 11.6 Å². The Kier molecular flexibility index (Phi) is 6.06. The standard InChI is InChI=1S/C25H24ClN3O4S/c26-22-10-8-20(17-23(22)29-11-3-6-24(29)30)25(31)27-12-14-28(15-13-27)34(32,33)21-9-7-18-4-1-2-5-19(18)16-21/h1-2,4-5,7-10,16-17H,3,6,11-15H2. The van der Waals surface area contributed by atoms with Crippen molar-refractivity contribution in [3.05, 3.63) is 71.2 Å². The minimum atomic E-state index is -3.66. The van der Waals surface area contributed by atoms with Crippen LogP contribution in [0, 0.1) is 0 Å². The van der Waals surface area contributed by atoms with Gasteiger partial charge in [0.2, 0.25) is 15.9 Å². The van der Waals surface area contributed by atoms with Crippen molar-refractivity contribution in [1.29, 1.82) is 0 Å². The zero-order valence-electron chi connectivity index (χ0n) is 18.5. The molecule has 2 saturated heterocycles. The highest BCUT2D eigenvalue weighted by atomic mass is 35.5. The van der Waals surface area contributed by atoms with Gasteiger partial charge in [0.05, 0.1) is 15.6 Å². The summed E-state index contributed by atoms with van der Waals surface area (Å²) in [6.45, 7) is 1.58. The molecule has 2 amide bonds. The summed E-state index contributed by atoms with van der Waals surface area (Å²) in [4.78, 5) is 28.8. The molecular formula is C25H24ClN3O4S. The fourth-order valence-electron chi connectivity index (χ4n) is 4.55. The molecule has 0 spiro atoms. The molecule has 3 aromatic carbocycles. The quantitative estimate of drug-likeness (QED) is 0.549. The molecule has 0 aliphatic carbocycles. The van der Waals surface area contributed by atoms with Gasteiger partial charge in [-0.05, 0) is 47.5 Å². The molecule has 0 N–H and O–H groups in total. The van der Waals surface area contributed by atoms with E-state index >= 15 is 0 Å². The van der Waals surface area contributed by atoms with Crippen LogP contribution in [-0.2, 0) is 14.8 Å². The van der Waals surface area contributed by atoms with Crippen molar-refractivity contribution in [3.63, 3.8) is 0 Å². The van der Waals surface area contributed by atoms with E-state index in [2.05, 4.69) is 0 Å². The van der Waals surface area contributed by atoms with Gasteiger partial charge >= 0.3 is 0 Å². The molecule has 5 rings (SSSR count).